The van der Waals surface area contributed by atoms with Gasteiger partial charge in [-0.15, -0.1) is 0 Å². The third kappa shape index (κ3) is 3.02. The van der Waals surface area contributed by atoms with Crippen molar-refractivity contribution in [1.29, 1.82) is 0 Å². The van der Waals surface area contributed by atoms with Crippen molar-refractivity contribution in [3.05, 3.63) is 29.3 Å². The standard InChI is InChI=1S/C18H21N3O5/c1-10-5-4-6-12(14(10)15(23)26-3)19-13(22)9-21-16(24)18(2,11-7-8-11)20-17(21)25/h4-6,11H,7-9H2,1-3H3,(H,19,22)(H,20,25). The molecule has 8 nitrogen and oxygen atoms in total. The molecule has 0 radical (unpaired) electrons. The van der Waals surface area contributed by atoms with E-state index in [2.05, 4.69) is 10.6 Å². The van der Waals surface area contributed by atoms with E-state index in [1.54, 1.807) is 32.0 Å². The number of urea groups is 1. The number of amides is 4. The molecule has 2 fully saturated rings. The van der Waals surface area contributed by atoms with E-state index >= 15 is 0 Å². The Morgan fingerprint density at radius 2 is 2.04 bits per heavy atom. The quantitative estimate of drug-likeness (QED) is 0.611. The molecule has 1 aromatic rings. The molecular weight excluding hydrogens is 338 g/mol. The second-order valence-electron chi connectivity index (χ2n) is 6.84. The number of nitrogens with zero attached hydrogens (tertiary/aromatic N) is 1. The summed E-state index contributed by atoms with van der Waals surface area (Å²) in [6.07, 6.45) is 1.77. The van der Waals surface area contributed by atoms with Gasteiger partial charge in [-0.25, -0.2) is 9.59 Å². The van der Waals surface area contributed by atoms with Gasteiger partial charge in [-0.2, -0.15) is 0 Å². The Hall–Kier alpha value is -2.90. The smallest absolute Gasteiger partial charge is 0.340 e. The summed E-state index contributed by atoms with van der Waals surface area (Å²) in [5.74, 6) is -1.41. The highest BCUT2D eigenvalue weighted by molar-refractivity contribution is 6.11. The largest absolute Gasteiger partial charge is 0.465 e. The summed E-state index contributed by atoms with van der Waals surface area (Å²) < 4.78 is 4.75. The fourth-order valence-corrected chi connectivity index (χ4v) is 3.27. The average Bonchev–Trinajstić information content (AvgIpc) is 3.41. The molecule has 138 valence electrons. The zero-order chi connectivity index (χ0) is 19.1. The van der Waals surface area contributed by atoms with Crippen molar-refractivity contribution < 1.29 is 23.9 Å². The van der Waals surface area contributed by atoms with E-state index in [0.29, 0.717) is 5.56 Å². The van der Waals surface area contributed by atoms with Gasteiger partial charge in [-0.3, -0.25) is 14.5 Å². The third-order valence-electron chi connectivity index (χ3n) is 4.93. The number of nitrogens with one attached hydrogen (secondary N) is 2. The first-order chi connectivity index (χ1) is 12.3. The van der Waals surface area contributed by atoms with Gasteiger partial charge in [0, 0.05) is 0 Å². The summed E-state index contributed by atoms with van der Waals surface area (Å²) in [5, 5.41) is 5.29. The minimum absolute atomic E-state index is 0.120. The number of benzene rings is 1. The minimum Gasteiger partial charge on any atom is -0.465 e. The molecule has 2 N–H and O–H groups in total. The number of imide groups is 1. The van der Waals surface area contributed by atoms with E-state index in [0.717, 1.165) is 17.7 Å². The highest BCUT2D eigenvalue weighted by Gasteiger charge is 2.56. The SMILES string of the molecule is COC(=O)c1c(C)cccc1NC(=O)CN1C(=O)NC(C)(C2CC2)C1=O. The van der Waals surface area contributed by atoms with Gasteiger partial charge in [-0.05, 0) is 44.2 Å². The Bertz CT molecular complexity index is 802. The van der Waals surface area contributed by atoms with Crippen LogP contribution in [0.15, 0.2) is 18.2 Å². The molecule has 1 aromatic carbocycles. The van der Waals surface area contributed by atoms with Crippen molar-refractivity contribution in [1.82, 2.24) is 10.2 Å². The van der Waals surface area contributed by atoms with Crippen molar-refractivity contribution in [2.24, 2.45) is 5.92 Å². The maximum Gasteiger partial charge on any atom is 0.340 e. The average molecular weight is 359 g/mol. The summed E-state index contributed by atoms with van der Waals surface area (Å²) >= 11 is 0. The van der Waals surface area contributed by atoms with Crippen molar-refractivity contribution in [2.45, 2.75) is 32.2 Å². The first kappa shape index (κ1) is 17.9. The number of aryl methyl sites for hydroxylation is 1. The van der Waals surface area contributed by atoms with E-state index in [1.165, 1.54) is 7.11 Å². The summed E-state index contributed by atoms with van der Waals surface area (Å²) in [4.78, 5) is 50.0. The fraction of sp³-hybridized carbons (Fsp3) is 0.444. The van der Waals surface area contributed by atoms with Crippen LogP contribution in [0.2, 0.25) is 0 Å². The molecule has 1 saturated heterocycles. The second-order valence-corrected chi connectivity index (χ2v) is 6.84. The van der Waals surface area contributed by atoms with Crippen molar-refractivity contribution in [2.75, 3.05) is 19.0 Å². The molecule has 8 heteroatoms. The van der Waals surface area contributed by atoms with Crippen molar-refractivity contribution in [3.8, 4) is 0 Å². The van der Waals surface area contributed by atoms with E-state index in [4.69, 9.17) is 4.74 Å². The molecule has 1 aliphatic heterocycles. The summed E-state index contributed by atoms with van der Waals surface area (Å²) in [5.41, 5.74) is 0.228. The molecule has 1 aliphatic carbocycles. The number of carbonyl (C=O) groups excluding carboxylic acids is 4. The van der Waals surface area contributed by atoms with Gasteiger partial charge < -0.3 is 15.4 Å². The lowest BCUT2D eigenvalue weighted by Crippen LogP contribution is -2.46. The summed E-state index contributed by atoms with van der Waals surface area (Å²) in [7, 11) is 1.26. The highest BCUT2D eigenvalue weighted by Crippen LogP contribution is 2.42. The molecule has 26 heavy (non-hydrogen) atoms. The minimum atomic E-state index is -0.933. The zero-order valence-corrected chi connectivity index (χ0v) is 14.9. The van der Waals surface area contributed by atoms with Gasteiger partial charge >= 0.3 is 12.0 Å². The molecule has 4 amide bonds. The Morgan fingerprint density at radius 3 is 2.65 bits per heavy atom. The molecule has 0 aromatic heterocycles. The van der Waals surface area contributed by atoms with Crippen LogP contribution in [0.5, 0.6) is 0 Å². The van der Waals surface area contributed by atoms with Crippen LogP contribution in [-0.4, -0.2) is 47.9 Å². The van der Waals surface area contributed by atoms with Crippen LogP contribution in [0, 0.1) is 12.8 Å². The second kappa shape index (κ2) is 6.44. The van der Waals surface area contributed by atoms with E-state index < -0.39 is 35.9 Å². The molecular formula is C18H21N3O5. The van der Waals surface area contributed by atoms with Gasteiger partial charge in [-0.1, -0.05) is 12.1 Å². The Kier molecular flexibility index (Phi) is 4.43. The third-order valence-corrected chi connectivity index (χ3v) is 4.93. The first-order valence-corrected chi connectivity index (χ1v) is 8.40. The molecule has 1 saturated carbocycles. The normalized spacial score (nSPS) is 22.2. The number of esters is 1. The number of hydrogen-bond acceptors (Lipinski definition) is 5. The Morgan fingerprint density at radius 1 is 1.35 bits per heavy atom. The van der Waals surface area contributed by atoms with Gasteiger partial charge in [0.05, 0.1) is 18.4 Å². The van der Waals surface area contributed by atoms with Gasteiger partial charge in [0.2, 0.25) is 5.91 Å². The topological polar surface area (TPSA) is 105 Å². The summed E-state index contributed by atoms with van der Waals surface area (Å²) in [6, 6.07) is 4.41. The zero-order valence-electron chi connectivity index (χ0n) is 14.9. The molecule has 2 aliphatic rings. The van der Waals surface area contributed by atoms with Gasteiger partial charge in [0.15, 0.2) is 0 Å². The van der Waals surface area contributed by atoms with Crippen LogP contribution in [-0.2, 0) is 14.3 Å². The number of carbonyl (C=O) groups is 4. The predicted molar refractivity (Wildman–Crippen MR) is 92.5 cm³/mol. The van der Waals surface area contributed by atoms with E-state index in [9.17, 15) is 19.2 Å². The van der Waals surface area contributed by atoms with E-state index in [-0.39, 0.29) is 17.2 Å². The fourth-order valence-electron chi connectivity index (χ4n) is 3.27. The van der Waals surface area contributed by atoms with Gasteiger partial charge in [0.25, 0.3) is 5.91 Å². The first-order valence-electron chi connectivity index (χ1n) is 8.40. The summed E-state index contributed by atoms with van der Waals surface area (Å²) in [6.45, 7) is 3.00. The van der Waals surface area contributed by atoms with Crippen molar-refractivity contribution >= 4 is 29.5 Å². The lowest BCUT2D eigenvalue weighted by Gasteiger charge is -2.21. The monoisotopic (exact) mass is 359 g/mol. The number of methoxy groups -OCH3 is 1. The van der Waals surface area contributed by atoms with Crippen LogP contribution in [0.1, 0.15) is 35.7 Å². The Balaban J connectivity index is 1.74. The van der Waals surface area contributed by atoms with Gasteiger partial charge in [0.1, 0.15) is 12.1 Å². The van der Waals surface area contributed by atoms with Crippen LogP contribution in [0.25, 0.3) is 0 Å². The highest BCUT2D eigenvalue weighted by atomic mass is 16.5. The Labute approximate surface area is 150 Å². The molecule has 1 unspecified atom stereocenters. The molecule has 1 atom stereocenters. The molecule has 0 bridgehead atoms. The number of anilines is 1. The maximum atomic E-state index is 12.6. The number of hydrogen-bond donors (Lipinski definition) is 2. The van der Waals surface area contributed by atoms with Crippen LogP contribution < -0.4 is 10.6 Å². The number of rotatable bonds is 5. The maximum absolute atomic E-state index is 12.6. The number of ether oxygens (including phenoxy) is 1. The van der Waals surface area contributed by atoms with Crippen LogP contribution in [0.4, 0.5) is 10.5 Å². The van der Waals surface area contributed by atoms with Crippen LogP contribution in [0.3, 0.4) is 0 Å². The van der Waals surface area contributed by atoms with Crippen LogP contribution >= 0.6 is 0 Å². The van der Waals surface area contributed by atoms with Crippen molar-refractivity contribution in [3.63, 3.8) is 0 Å². The van der Waals surface area contributed by atoms with E-state index in [1.807, 2.05) is 0 Å². The molecule has 3 rings (SSSR count). The lowest BCUT2D eigenvalue weighted by molar-refractivity contribution is -0.134. The molecule has 1 heterocycles. The predicted octanol–water partition coefficient (Wildman–Crippen LogP) is 1.44. The lowest BCUT2D eigenvalue weighted by atomic mass is 9.96. The molecule has 0 spiro atoms.